The van der Waals surface area contributed by atoms with E-state index in [1.54, 1.807) is 4.90 Å². The number of ether oxygens (including phenoxy) is 1. The molecule has 0 spiro atoms. The van der Waals surface area contributed by atoms with E-state index in [1.165, 1.54) is 0 Å². The van der Waals surface area contributed by atoms with Gasteiger partial charge in [-0.2, -0.15) is 0 Å². The second-order valence-electron chi connectivity index (χ2n) is 6.47. The fourth-order valence-electron chi connectivity index (χ4n) is 3.79. The van der Waals surface area contributed by atoms with Crippen LogP contribution in [0.3, 0.4) is 0 Å². The molecule has 2 saturated heterocycles. The molecular formula is C19H19N2O3+. The SMILES string of the molecule is O=C(OCc1ccccc1)N1CC2C[N+](=O)C2(c2ccccc2)C1. The van der Waals surface area contributed by atoms with Crippen LogP contribution in [0.15, 0.2) is 60.7 Å². The summed E-state index contributed by atoms with van der Waals surface area (Å²) in [6.45, 7) is 1.68. The van der Waals surface area contributed by atoms with E-state index in [1.807, 2.05) is 60.7 Å². The molecule has 0 bridgehead atoms. The smallest absolute Gasteiger partial charge is 0.410 e. The van der Waals surface area contributed by atoms with Crippen molar-refractivity contribution in [3.05, 3.63) is 76.7 Å². The first-order valence-corrected chi connectivity index (χ1v) is 8.16. The van der Waals surface area contributed by atoms with Crippen LogP contribution in [0.25, 0.3) is 0 Å². The van der Waals surface area contributed by atoms with Crippen molar-refractivity contribution in [1.29, 1.82) is 0 Å². The Morgan fingerprint density at radius 1 is 1.12 bits per heavy atom. The van der Waals surface area contributed by atoms with Gasteiger partial charge >= 0.3 is 6.09 Å². The Morgan fingerprint density at radius 2 is 1.79 bits per heavy atom. The van der Waals surface area contributed by atoms with Crippen LogP contribution in [0.2, 0.25) is 0 Å². The van der Waals surface area contributed by atoms with Crippen LogP contribution < -0.4 is 0 Å². The molecule has 0 N–H and O–H groups in total. The van der Waals surface area contributed by atoms with Gasteiger partial charge in [0.15, 0.2) is 0 Å². The first-order chi connectivity index (χ1) is 11.7. The Balaban J connectivity index is 1.47. The Kier molecular flexibility index (Phi) is 3.56. The molecule has 2 atom stereocenters. The van der Waals surface area contributed by atoms with Crippen molar-refractivity contribution >= 4 is 6.09 Å². The minimum Gasteiger partial charge on any atom is -0.445 e. The first-order valence-electron chi connectivity index (χ1n) is 8.16. The summed E-state index contributed by atoms with van der Waals surface area (Å²) in [6.07, 6.45) is -0.350. The standard InChI is InChI=1S/C19H19N2O3/c22-18(24-13-15-7-3-1-4-8-15)20-11-17-12-21(23)19(17,14-20)16-9-5-2-6-10-16/h1-10,17H,11-14H2/q+1. The highest BCUT2D eigenvalue weighted by Gasteiger charge is 2.70. The highest BCUT2D eigenvalue weighted by molar-refractivity contribution is 5.68. The number of hydrogen-bond donors (Lipinski definition) is 0. The topological polar surface area (TPSA) is 49.6 Å². The summed E-state index contributed by atoms with van der Waals surface area (Å²) in [5.41, 5.74) is 1.33. The van der Waals surface area contributed by atoms with Gasteiger partial charge in [-0.05, 0) is 5.56 Å². The molecule has 5 heteroatoms. The predicted molar refractivity (Wildman–Crippen MR) is 88.3 cm³/mol. The van der Waals surface area contributed by atoms with Crippen molar-refractivity contribution in [3.8, 4) is 0 Å². The third-order valence-electron chi connectivity index (χ3n) is 5.12. The molecule has 2 aliphatic heterocycles. The number of likely N-dealkylation sites (tertiary alicyclic amines) is 1. The molecule has 5 nitrogen and oxygen atoms in total. The highest BCUT2D eigenvalue weighted by Crippen LogP contribution is 2.47. The lowest BCUT2D eigenvalue weighted by molar-refractivity contribution is -0.710. The van der Waals surface area contributed by atoms with Crippen molar-refractivity contribution < 1.29 is 14.3 Å². The van der Waals surface area contributed by atoms with Gasteiger partial charge in [-0.3, -0.25) is 4.90 Å². The lowest BCUT2D eigenvalue weighted by Crippen LogP contribution is -2.58. The van der Waals surface area contributed by atoms with Crippen molar-refractivity contribution in [1.82, 2.24) is 4.90 Å². The summed E-state index contributed by atoms with van der Waals surface area (Å²) in [5, 5.41) is 0. The molecule has 2 aromatic carbocycles. The minimum absolute atomic E-state index is 0.168. The number of benzene rings is 2. The zero-order valence-corrected chi connectivity index (χ0v) is 13.3. The van der Waals surface area contributed by atoms with E-state index in [9.17, 15) is 9.70 Å². The van der Waals surface area contributed by atoms with Gasteiger partial charge < -0.3 is 4.74 Å². The highest BCUT2D eigenvalue weighted by atomic mass is 16.6. The molecule has 2 aliphatic rings. The van der Waals surface area contributed by atoms with Crippen molar-refractivity contribution in [3.63, 3.8) is 0 Å². The summed E-state index contributed by atoms with van der Waals surface area (Å²) >= 11 is 0. The van der Waals surface area contributed by atoms with E-state index in [-0.39, 0.29) is 18.6 Å². The van der Waals surface area contributed by atoms with Crippen LogP contribution in [0.5, 0.6) is 0 Å². The molecule has 1 amide bonds. The maximum Gasteiger partial charge on any atom is 0.410 e. The Labute approximate surface area is 140 Å². The molecule has 0 aliphatic carbocycles. The number of nitrogens with zero attached hydrogens (tertiary/aromatic N) is 2. The summed E-state index contributed by atoms with van der Waals surface area (Å²) in [4.78, 5) is 26.4. The van der Waals surface area contributed by atoms with Crippen LogP contribution in [-0.2, 0) is 16.9 Å². The van der Waals surface area contributed by atoms with Crippen molar-refractivity contribution in [2.45, 2.75) is 12.1 Å². The van der Waals surface area contributed by atoms with Gasteiger partial charge in [-0.15, -0.1) is 0 Å². The van der Waals surface area contributed by atoms with Crippen LogP contribution in [0.4, 0.5) is 4.79 Å². The normalized spacial score (nSPS) is 25.1. The Morgan fingerprint density at radius 3 is 2.46 bits per heavy atom. The minimum atomic E-state index is -0.604. The first kappa shape index (κ1) is 14.9. The fourth-order valence-corrected chi connectivity index (χ4v) is 3.79. The van der Waals surface area contributed by atoms with Gasteiger partial charge in [-0.1, -0.05) is 60.7 Å². The monoisotopic (exact) mass is 323 g/mol. The van der Waals surface area contributed by atoms with Crippen LogP contribution in [0.1, 0.15) is 11.1 Å². The van der Waals surface area contributed by atoms with Gasteiger partial charge in [-0.25, -0.2) is 4.79 Å². The Hall–Kier alpha value is -2.69. The lowest BCUT2D eigenvalue weighted by Gasteiger charge is -2.33. The second kappa shape index (κ2) is 5.74. The fraction of sp³-hybridized carbons (Fsp3) is 0.316. The molecule has 0 aromatic heterocycles. The predicted octanol–water partition coefficient (Wildman–Crippen LogP) is 2.94. The molecule has 0 radical (unpaired) electrons. The van der Waals surface area contributed by atoms with Crippen molar-refractivity contribution in [2.75, 3.05) is 19.6 Å². The van der Waals surface area contributed by atoms with E-state index in [0.29, 0.717) is 19.6 Å². The third-order valence-corrected chi connectivity index (χ3v) is 5.12. The summed E-state index contributed by atoms with van der Waals surface area (Å²) in [7, 11) is 0. The van der Waals surface area contributed by atoms with Crippen molar-refractivity contribution in [2.24, 2.45) is 5.92 Å². The lowest BCUT2D eigenvalue weighted by atomic mass is 9.74. The summed E-state index contributed by atoms with van der Waals surface area (Å²) in [5.74, 6) is 0.168. The molecule has 4 rings (SSSR count). The average Bonchev–Trinajstić information content (AvgIpc) is 2.95. The van der Waals surface area contributed by atoms with Gasteiger partial charge in [0.1, 0.15) is 12.5 Å². The van der Waals surface area contributed by atoms with Gasteiger partial charge in [0.25, 0.3) is 5.54 Å². The summed E-state index contributed by atoms with van der Waals surface area (Å²) in [6, 6.07) is 19.3. The number of amides is 1. The van der Waals surface area contributed by atoms with Gasteiger partial charge in [0.2, 0.25) is 6.54 Å². The number of hydrogen-bond acceptors (Lipinski definition) is 3. The van der Waals surface area contributed by atoms with E-state index in [4.69, 9.17) is 4.74 Å². The summed E-state index contributed by atoms with van der Waals surface area (Å²) < 4.78 is 6.53. The van der Waals surface area contributed by atoms with Crippen LogP contribution >= 0.6 is 0 Å². The Bertz CT molecular complexity index is 763. The molecule has 2 heterocycles. The molecule has 2 fully saturated rings. The van der Waals surface area contributed by atoms with E-state index in [2.05, 4.69) is 0 Å². The van der Waals surface area contributed by atoms with Gasteiger partial charge in [0, 0.05) is 21.8 Å². The van der Waals surface area contributed by atoms with Crippen LogP contribution in [-0.4, -0.2) is 35.4 Å². The van der Waals surface area contributed by atoms with E-state index >= 15 is 0 Å². The number of rotatable bonds is 3. The number of carbonyl (C=O) groups excluding carboxylic acids is 1. The molecule has 0 saturated carbocycles. The van der Waals surface area contributed by atoms with E-state index < -0.39 is 5.54 Å². The molecular weight excluding hydrogens is 304 g/mol. The number of fused-ring (bicyclic) bond motifs is 1. The number of carbonyl (C=O) groups is 1. The third kappa shape index (κ3) is 2.28. The molecule has 122 valence electrons. The quantitative estimate of drug-likeness (QED) is 0.816. The maximum absolute atomic E-state index is 12.4. The number of nitroso groups, excluding NO2 is 1. The molecule has 24 heavy (non-hydrogen) atoms. The van der Waals surface area contributed by atoms with E-state index in [0.717, 1.165) is 15.9 Å². The molecule has 2 unspecified atom stereocenters. The zero-order chi connectivity index (χ0) is 16.6. The maximum atomic E-state index is 12.4. The largest absolute Gasteiger partial charge is 0.445 e. The van der Waals surface area contributed by atoms with Crippen LogP contribution in [0, 0.1) is 10.8 Å². The zero-order valence-electron chi connectivity index (χ0n) is 13.3. The molecule has 2 aromatic rings. The second-order valence-corrected chi connectivity index (χ2v) is 6.47. The van der Waals surface area contributed by atoms with Gasteiger partial charge in [0.05, 0.1) is 6.54 Å². The average molecular weight is 323 g/mol.